The summed E-state index contributed by atoms with van der Waals surface area (Å²) < 4.78 is 36.7. The zero-order valence-corrected chi connectivity index (χ0v) is 12.6. The molecule has 4 nitrogen and oxygen atoms in total. The van der Waals surface area contributed by atoms with Gasteiger partial charge in [-0.25, -0.2) is 12.8 Å². The molecular formula is C16H16FNO3S. The maximum atomic E-state index is 12.8. The van der Waals surface area contributed by atoms with Crippen LogP contribution in [0.2, 0.25) is 0 Å². The second-order valence-corrected chi connectivity index (χ2v) is 7.07. The Labute approximate surface area is 128 Å². The summed E-state index contributed by atoms with van der Waals surface area (Å²) >= 11 is 0. The summed E-state index contributed by atoms with van der Waals surface area (Å²) in [6.07, 6.45) is -0.113. The van der Waals surface area contributed by atoms with Crippen molar-refractivity contribution in [2.24, 2.45) is 0 Å². The van der Waals surface area contributed by atoms with E-state index in [1.807, 2.05) is 6.07 Å². The monoisotopic (exact) mass is 321 g/mol. The van der Waals surface area contributed by atoms with Crippen molar-refractivity contribution in [1.29, 1.82) is 0 Å². The first kappa shape index (κ1) is 16.2. The molecule has 0 atom stereocenters. The Morgan fingerprint density at radius 3 is 2.27 bits per heavy atom. The zero-order valence-electron chi connectivity index (χ0n) is 11.8. The van der Waals surface area contributed by atoms with Crippen LogP contribution < -0.4 is 5.32 Å². The van der Waals surface area contributed by atoms with E-state index in [-0.39, 0.29) is 23.8 Å². The molecule has 116 valence electrons. The molecular weight excluding hydrogens is 305 g/mol. The third-order valence-electron chi connectivity index (χ3n) is 3.00. The number of carbonyl (C=O) groups excluding carboxylic acids is 1. The van der Waals surface area contributed by atoms with Crippen LogP contribution in [0.1, 0.15) is 12.0 Å². The molecule has 0 spiro atoms. The predicted molar refractivity (Wildman–Crippen MR) is 83.6 cm³/mol. The van der Waals surface area contributed by atoms with Crippen molar-refractivity contribution in [3.8, 4) is 0 Å². The zero-order chi connectivity index (χ0) is 16.0. The normalized spacial score (nSPS) is 11.1. The Bertz CT molecular complexity index is 728. The van der Waals surface area contributed by atoms with Crippen molar-refractivity contribution >= 4 is 21.4 Å². The fourth-order valence-electron chi connectivity index (χ4n) is 1.90. The van der Waals surface area contributed by atoms with Crippen molar-refractivity contribution < 1.29 is 17.6 Å². The van der Waals surface area contributed by atoms with Gasteiger partial charge in [0.2, 0.25) is 5.91 Å². The van der Waals surface area contributed by atoms with E-state index in [0.29, 0.717) is 11.3 Å². The van der Waals surface area contributed by atoms with Gasteiger partial charge < -0.3 is 5.32 Å². The van der Waals surface area contributed by atoms with Gasteiger partial charge in [-0.05, 0) is 29.8 Å². The van der Waals surface area contributed by atoms with Crippen LogP contribution >= 0.6 is 0 Å². The fourth-order valence-corrected chi connectivity index (χ4v) is 3.24. The summed E-state index contributed by atoms with van der Waals surface area (Å²) in [7, 11) is -3.42. The van der Waals surface area contributed by atoms with E-state index in [1.54, 1.807) is 24.3 Å². The summed E-state index contributed by atoms with van der Waals surface area (Å²) in [5.74, 6) is -1.22. The lowest BCUT2D eigenvalue weighted by molar-refractivity contribution is -0.115. The van der Waals surface area contributed by atoms with Crippen LogP contribution in [-0.4, -0.2) is 20.1 Å². The van der Waals surface area contributed by atoms with Gasteiger partial charge in [0.25, 0.3) is 0 Å². The Morgan fingerprint density at radius 1 is 1.00 bits per heavy atom. The van der Waals surface area contributed by atoms with Crippen molar-refractivity contribution in [3.05, 3.63) is 66.0 Å². The second-order valence-electron chi connectivity index (χ2n) is 4.88. The Balaban J connectivity index is 1.87. The molecule has 2 aromatic rings. The lowest BCUT2D eigenvalue weighted by Crippen LogP contribution is -2.18. The molecule has 0 saturated carbocycles. The van der Waals surface area contributed by atoms with Crippen LogP contribution in [0.5, 0.6) is 0 Å². The summed E-state index contributed by atoms with van der Waals surface area (Å²) in [6.45, 7) is 0. The van der Waals surface area contributed by atoms with E-state index in [9.17, 15) is 17.6 Å². The Kier molecular flexibility index (Phi) is 5.27. The van der Waals surface area contributed by atoms with E-state index in [1.165, 1.54) is 24.3 Å². The van der Waals surface area contributed by atoms with Gasteiger partial charge in [-0.1, -0.05) is 30.3 Å². The molecule has 0 saturated heterocycles. The third kappa shape index (κ3) is 5.29. The molecule has 0 fully saturated rings. The van der Waals surface area contributed by atoms with E-state index < -0.39 is 15.7 Å². The van der Waals surface area contributed by atoms with Crippen molar-refractivity contribution in [2.75, 3.05) is 11.1 Å². The first-order chi connectivity index (χ1) is 10.4. The van der Waals surface area contributed by atoms with Crippen LogP contribution in [-0.2, 0) is 20.4 Å². The topological polar surface area (TPSA) is 63.2 Å². The highest BCUT2D eigenvalue weighted by molar-refractivity contribution is 7.90. The second kappa shape index (κ2) is 7.17. The number of sulfone groups is 1. The molecule has 1 amide bonds. The molecule has 0 aliphatic carbocycles. The molecule has 0 bridgehead atoms. The van der Waals surface area contributed by atoms with Gasteiger partial charge in [-0.3, -0.25) is 4.79 Å². The Hall–Kier alpha value is -2.21. The molecule has 22 heavy (non-hydrogen) atoms. The average molecular weight is 321 g/mol. The lowest BCUT2D eigenvalue weighted by Gasteiger charge is -2.06. The van der Waals surface area contributed by atoms with Gasteiger partial charge in [0.05, 0.1) is 11.5 Å². The molecule has 0 heterocycles. The number of para-hydroxylation sites is 1. The number of hydrogen-bond donors (Lipinski definition) is 1. The van der Waals surface area contributed by atoms with Crippen LogP contribution in [0.15, 0.2) is 54.6 Å². The quantitative estimate of drug-likeness (QED) is 0.890. The molecule has 1 N–H and O–H groups in total. The predicted octanol–water partition coefficient (Wildman–Crippen LogP) is 2.77. The van der Waals surface area contributed by atoms with E-state index in [4.69, 9.17) is 0 Å². The number of rotatable bonds is 6. The highest BCUT2D eigenvalue weighted by atomic mass is 32.2. The smallest absolute Gasteiger partial charge is 0.225 e. The van der Waals surface area contributed by atoms with Crippen LogP contribution in [0, 0.1) is 5.82 Å². The third-order valence-corrected chi connectivity index (χ3v) is 4.60. The highest BCUT2D eigenvalue weighted by Gasteiger charge is 2.14. The molecule has 0 aromatic heterocycles. The van der Waals surface area contributed by atoms with Crippen molar-refractivity contribution in [1.82, 2.24) is 0 Å². The number of hydrogen-bond acceptors (Lipinski definition) is 3. The average Bonchev–Trinajstić information content (AvgIpc) is 2.49. The number of nitrogens with one attached hydrogen (secondary N) is 1. The maximum Gasteiger partial charge on any atom is 0.225 e. The minimum absolute atomic E-state index is 0.113. The summed E-state index contributed by atoms with van der Waals surface area (Å²) in [6, 6.07) is 14.1. The first-order valence-corrected chi connectivity index (χ1v) is 8.56. The van der Waals surface area contributed by atoms with Gasteiger partial charge in [0.15, 0.2) is 9.84 Å². The summed E-state index contributed by atoms with van der Waals surface area (Å²) in [5, 5.41) is 2.63. The fraction of sp³-hybridized carbons (Fsp3) is 0.188. The number of anilines is 1. The molecule has 0 unspecified atom stereocenters. The van der Waals surface area contributed by atoms with Gasteiger partial charge in [0, 0.05) is 12.1 Å². The molecule has 0 radical (unpaired) electrons. The largest absolute Gasteiger partial charge is 0.326 e. The Morgan fingerprint density at radius 2 is 1.64 bits per heavy atom. The SMILES string of the molecule is O=C(CCS(=O)(=O)Cc1ccc(F)cc1)Nc1ccccc1. The number of benzene rings is 2. The van der Waals surface area contributed by atoms with Crippen LogP contribution in [0.25, 0.3) is 0 Å². The number of amides is 1. The minimum atomic E-state index is -3.42. The number of carbonyl (C=O) groups is 1. The molecule has 2 aromatic carbocycles. The number of halogens is 1. The molecule has 6 heteroatoms. The van der Waals surface area contributed by atoms with Crippen LogP contribution in [0.3, 0.4) is 0 Å². The van der Waals surface area contributed by atoms with E-state index in [2.05, 4.69) is 5.32 Å². The van der Waals surface area contributed by atoms with Gasteiger partial charge in [-0.2, -0.15) is 0 Å². The molecule has 2 rings (SSSR count). The van der Waals surface area contributed by atoms with Crippen molar-refractivity contribution in [3.63, 3.8) is 0 Å². The maximum absolute atomic E-state index is 12.8. The van der Waals surface area contributed by atoms with Crippen LogP contribution in [0.4, 0.5) is 10.1 Å². The molecule has 0 aliphatic rings. The lowest BCUT2D eigenvalue weighted by atomic mass is 10.2. The highest BCUT2D eigenvalue weighted by Crippen LogP contribution is 2.10. The minimum Gasteiger partial charge on any atom is -0.326 e. The van der Waals surface area contributed by atoms with Gasteiger partial charge in [0.1, 0.15) is 5.82 Å². The van der Waals surface area contributed by atoms with Crippen molar-refractivity contribution in [2.45, 2.75) is 12.2 Å². The van der Waals surface area contributed by atoms with Gasteiger partial charge in [-0.15, -0.1) is 0 Å². The summed E-state index contributed by atoms with van der Waals surface area (Å²) in [5.41, 5.74) is 1.13. The standard InChI is InChI=1S/C16H16FNO3S/c17-14-8-6-13(7-9-14)12-22(20,21)11-10-16(19)18-15-4-2-1-3-5-15/h1-9H,10-12H2,(H,18,19). The first-order valence-electron chi connectivity index (χ1n) is 6.74. The summed E-state index contributed by atoms with van der Waals surface area (Å²) in [4.78, 5) is 11.7. The van der Waals surface area contributed by atoms with E-state index in [0.717, 1.165) is 0 Å². The molecule has 0 aliphatic heterocycles. The van der Waals surface area contributed by atoms with Gasteiger partial charge >= 0.3 is 0 Å². The van der Waals surface area contributed by atoms with E-state index >= 15 is 0 Å².